The number of nitrogens with zero attached hydrogens (tertiary/aromatic N) is 2. The zero-order valence-electron chi connectivity index (χ0n) is 10.9. The lowest BCUT2D eigenvalue weighted by Gasteiger charge is -2.24. The molecule has 2 fully saturated rings. The van der Waals surface area contributed by atoms with Crippen LogP contribution in [0.2, 0.25) is 0 Å². The van der Waals surface area contributed by atoms with Gasteiger partial charge in [-0.1, -0.05) is 17.7 Å². The molecule has 6 heteroatoms. The summed E-state index contributed by atoms with van der Waals surface area (Å²) in [6.45, 7) is 2.03. The molecule has 0 aliphatic carbocycles. The number of fused-ring (bicyclic) bond motifs is 1. The molecule has 2 aliphatic heterocycles. The Morgan fingerprint density at radius 2 is 1.74 bits per heavy atom. The van der Waals surface area contributed by atoms with Gasteiger partial charge >= 0.3 is 0 Å². The molecule has 19 heavy (non-hydrogen) atoms. The average molecular weight is 296 g/mol. The lowest BCUT2D eigenvalue weighted by Crippen LogP contribution is -2.36. The zero-order chi connectivity index (χ0) is 13.8. The van der Waals surface area contributed by atoms with Crippen molar-refractivity contribution in [3.63, 3.8) is 0 Å². The van der Waals surface area contributed by atoms with Gasteiger partial charge in [0.1, 0.15) is 0 Å². The maximum absolute atomic E-state index is 11.8. The third-order valence-electron chi connectivity index (χ3n) is 3.94. The Balaban J connectivity index is 2.01. The van der Waals surface area contributed by atoms with Gasteiger partial charge in [0.05, 0.1) is 23.6 Å². The Hall–Kier alpha value is -1.14. The molecular weight excluding hydrogens is 280 g/mol. The number of likely N-dealkylation sites (N-methyl/N-ethyl adjacent to an activating group) is 1. The van der Waals surface area contributed by atoms with Gasteiger partial charge in [-0.15, -0.1) is 0 Å². The summed E-state index contributed by atoms with van der Waals surface area (Å²) in [4.78, 5) is 3.91. The van der Waals surface area contributed by atoms with Crippen LogP contribution in [0.3, 0.4) is 0 Å². The molecule has 0 bridgehead atoms. The Labute approximate surface area is 118 Å². The molecule has 2 aliphatic rings. The van der Waals surface area contributed by atoms with Crippen molar-refractivity contribution < 1.29 is 8.42 Å². The van der Waals surface area contributed by atoms with E-state index in [-0.39, 0.29) is 23.6 Å². The van der Waals surface area contributed by atoms with Crippen LogP contribution >= 0.6 is 12.2 Å². The van der Waals surface area contributed by atoms with E-state index >= 15 is 0 Å². The summed E-state index contributed by atoms with van der Waals surface area (Å²) in [7, 11) is -1.07. The monoisotopic (exact) mass is 296 g/mol. The first-order chi connectivity index (χ1) is 8.89. The van der Waals surface area contributed by atoms with Gasteiger partial charge in [0.25, 0.3) is 0 Å². The maximum atomic E-state index is 11.8. The van der Waals surface area contributed by atoms with Crippen molar-refractivity contribution in [2.24, 2.45) is 0 Å². The van der Waals surface area contributed by atoms with Gasteiger partial charge < -0.3 is 9.80 Å². The molecule has 4 nitrogen and oxygen atoms in total. The molecule has 0 amide bonds. The molecule has 1 aromatic carbocycles. The van der Waals surface area contributed by atoms with Crippen molar-refractivity contribution in [1.29, 1.82) is 0 Å². The van der Waals surface area contributed by atoms with Crippen molar-refractivity contribution in [1.82, 2.24) is 4.90 Å². The molecule has 0 spiro atoms. The van der Waals surface area contributed by atoms with Crippen LogP contribution in [0.25, 0.3) is 0 Å². The molecule has 0 N–H and O–H groups in total. The number of aryl methyl sites for hydroxylation is 1. The van der Waals surface area contributed by atoms with Crippen molar-refractivity contribution in [2.45, 2.75) is 19.0 Å². The predicted molar refractivity (Wildman–Crippen MR) is 80.2 cm³/mol. The summed E-state index contributed by atoms with van der Waals surface area (Å²) in [5.74, 6) is 0.396. The Kier molecular flexibility index (Phi) is 2.83. The average Bonchev–Trinajstić information content (AvgIpc) is 2.76. The summed E-state index contributed by atoms with van der Waals surface area (Å²) < 4.78 is 23.7. The van der Waals surface area contributed by atoms with Gasteiger partial charge in [-0.3, -0.25) is 0 Å². The standard InChI is InChI=1S/C13H16N2O2S2/c1-9-3-5-10(6-4-9)15-12-8-19(16,17)7-11(12)14(2)13(15)18/h3-6,11-12H,7-8H2,1-2H3/t11-,12+/m0/s1. The van der Waals surface area contributed by atoms with Crippen LogP contribution in [0.5, 0.6) is 0 Å². The van der Waals surface area contributed by atoms with Crippen LogP contribution in [-0.4, -0.2) is 49.1 Å². The second-order valence-corrected chi connectivity index (χ2v) is 7.83. The van der Waals surface area contributed by atoms with E-state index in [1.807, 2.05) is 48.0 Å². The normalized spacial score (nSPS) is 28.8. The Morgan fingerprint density at radius 1 is 1.16 bits per heavy atom. The zero-order valence-corrected chi connectivity index (χ0v) is 12.5. The van der Waals surface area contributed by atoms with E-state index in [0.717, 1.165) is 5.69 Å². The lowest BCUT2D eigenvalue weighted by molar-refractivity contribution is 0.420. The van der Waals surface area contributed by atoms with Gasteiger partial charge in [-0.25, -0.2) is 8.42 Å². The summed E-state index contributed by atoms with van der Waals surface area (Å²) in [5, 5.41) is 0.716. The summed E-state index contributed by atoms with van der Waals surface area (Å²) in [6, 6.07) is 7.98. The third-order valence-corrected chi connectivity index (χ3v) is 6.13. The number of benzene rings is 1. The minimum Gasteiger partial charge on any atom is -0.346 e. The molecular formula is C13H16N2O2S2. The van der Waals surface area contributed by atoms with Crippen molar-refractivity contribution in [3.8, 4) is 0 Å². The van der Waals surface area contributed by atoms with Crippen molar-refractivity contribution >= 4 is 32.9 Å². The molecule has 2 saturated heterocycles. The van der Waals surface area contributed by atoms with E-state index in [2.05, 4.69) is 0 Å². The second kappa shape index (κ2) is 4.18. The van der Waals surface area contributed by atoms with Crippen molar-refractivity contribution in [3.05, 3.63) is 29.8 Å². The molecule has 2 heterocycles. The Morgan fingerprint density at radius 3 is 2.37 bits per heavy atom. The first kappa shape index (κ1) is 12.9. The molecule has 3 rings (SSSR count). The molecule has 0 saturated carbocycles. The molecule has 1 aromatic rings. The van der Waals surface area contributed by atoms with Crippen LogP contribution in [0, 0.1) is 6.92 Å². The van der Waals surface area contributed by atoms with Gasteiger partial charge in [0.2, 0.25) is 0 Å². The summed E-state index contributed by atoms with van der Waals surface area (Å²) in [6.07, 6.45) is 0. The van der Waals surface area contributed by atoms with Gasteiger partial charge in [-0.2, -0.15) is 0 Å². The van der Waals surface area contributed by atoms with Gasteiger partial charge in [-0.05, 0) is 31.3 Å². The Bertz CT molecular complexity index is 625. The molecule has 102 valence electrons. The van der Waals surface area contributed by atoms with E-state index in [1.54, 1.807) is 0 Å². The predicted octanol–water partition coefficient (Wildman–Crippen LogP) is 1.20. The lowest BCUT2D eigenvalue weighted by atomic mass is 10.1. The van der Waals surface area contributed by atoms with Gasteiger partial charge in [0.15, 0.2) is 14.9 Å². The fourth-order valence-electron chi connectivity index (χ4n) is 2.89. The first-order valence-corrected chi connectivity index (χ1v) is 8.45. The fourth-order valence-corrected chi connectivity index (χ4v) is 5.26. The van der Waals surface area contributed by atoms with Crippen LogP contribution in [0.1, 0.15) is 5.56 Å². The number of sulfone groups is 1. The summed E-state index contributed by atoms with van der Waals surface area (Å²) in [5.41, 5.74) is 2.16. The van der Waals surface area contributed by atoms with E-state index < -0.39 is 9.84 Å². The quantitative estimate of drug-likeness (QED) is 0.728. The molecule has 0 unspecified atom stereocenters. The number of thiocarbonyl (C=S) groups is 1. The van der Waals surface area contributed by atoms with E-state index in [1.165, 1.54) is 5.56 Å². The van der Waals surface area contributed by atoms with E-state index in [4.69, 9.17) is 12.2 Å². The van der Waals surface area contributed by atoms with Crippen LogP contribution < -0.4 is 4.90 Å². The topological polar surface area (TPSA) is 40.6 Å². The number of anilines is 1. The largest absolute Gasteiger partial charge is 0.346 e. The van der Waals surface area contributed by atoms with E-state index in [9.17, 15) is 8.42 Å². The number of hydrogen-bond donors (Lipinski definition) is 0. The highest BCUT2D eigenvalue weighted by Crippen LogP contribution is 2.34. The fraction of sp³-hybridized carbons (Fsp3) is 0.462. The van der Waals surface area contributed by atoms with Gasteiger partial charge in [0, 0.05) is 12.7 Å². The van der Waals surface area contributed by atoms with Crippen LogP contribution in [0.15, 0.2) is 24.3 Å². The molecule has 0 aromatic heterocycles. The van der Waals surface area contributed by atoms with E-state index in [0.29, 0.717) is 5.11 Å². The van der Waals surface area contributed by atoms with Crippen LogP contribution in [0.4, 0.5) is 5.69 Å². The highest BCUT2D eigenvalue weighted by atomic mass is 32.2. The molecule has 2 atom stereocenters. The van der Waals surface area contributed by atoms with Crippen LogP contribution in [-0.2, 0) is 9.84 Å². The highest BCUT2D eigenvalue weighted by molar-refractivity contribution is 7.91. The first-order valence-electron chi connectivity index (χ1n) is 6.22. The second-order valence-electron chi connectivity index (χ2n) is 5.31. The maximum Gasteiger partial charge on any atom is 0.176 e. The molecule has 0 radical (unpaired) electrons. The number of rotatable bonds is 1. The van der Waals surface area contributed by atoms with Crippen molar-refractivity contribution in [2.75, 3.05) is 23.5 Å². The number of hydrogen-bond acceptors (Lipinski definition) is 3. The summed E-state index contributed by atoms with van der Waals surface area (Å²) >= 11 is 5.46. The highest BCUT2D eigenvalue weighted by Gasteiger charge is 2.50. The smallest absolute Gasteiger partial charge is 0.176 e. The minimum atomic E-state index is -2.95. The minimum absolute atomic E-state index is 0.0150. The SMILES string of the molecule is Cc1ccc(N2C(=S)N(C)[C@H]3CS(=O)(=O)C[C@H]32)cc1. The third kappa shape index (κ3) is 2.03.